The zero-order valence-corrected chi connectivity index (χ0v) is 9.58. The Morgan fingerprint density at radius 2 is 2.21 bits per heavy atom. The van der Waals surface area contributed by atoms with Gasteiger partial charge in [-0.05, 0) is 38.8 Å². The topological polar surface area (TPSA) is 40.5 Å². The van der Waals surface area contributed by atoms with Crippen molar-refractivity contribution in [2.75, 3.05) is 13.6 Å². The first kappa shape index (κ1) is 11.5. The Morgan fingerprint density at radius 1 is 1.64 bits per heavy atom. The average Bonchev–Trinajstić information content (AvgIpc) is 2.33. The van der Waals surface area contributed by atoms with Gasteiger partial charge in [0.25, 0.3) is 0 Å². The molecule has 2 unspecified atom stereocenters. The van der Waals surface area contributed by atoms with E-state index < -0.39 is 5.97 Å². The van der Waals surface area contributed by atoms with Gasteiger partial charge in [0, 0.05) is 12.0 Å². The number of likely N-dealkylation sites (tertiary alicyclic amines) is 1. The molecule has 1 rings (SSSR count). The molecule has 0 saturated carbocycles. The Morgan fingerprint density at radius 3 is 2.64 bits per heavy atom. The Bertz CT molecular complexity index is 227. The summed E-state index contributed by atoms with van der Waals surface area (Å²) in [5.41, 5.74) is 0.0540. The van der Waals surface area contributed by atoms with Gasteiger partial charge in [0.15, 0.2) is 0 Å². The maximum Gasteiger partial charge on any atom is 0.303 e. The fourth-order valence-corrected chi connectivity index (χ4v) is 2.63. The molecule has 1 saturated heterocycles. The van der Waals surface area contributed by atoms with E-state index in [1.807, 2.05) is 0 Å². The van der Waals surface area contributed by atoms with E-state index in [9.17, 15) is 4.79 Å². The number of hydrogen-bond donors (Lipinski definition) is 1. The lowest BCUT2D eigenvalue weighted by Crippen LogP contribution is -2.48. The molecule has 0 bridgehead atoms. The molecule has 3 heteroatoms. The van der Waals surface area contributed by atoms with Gasteiger partial charge in [-0.3, -0.25) is 4.79 Å². The lowest BCUT2D eigenvalue weighted by Gasteiger charge is -2.40. The van der Waals surface area contributed by atoms with Crippen LogP contribution in [0.1, 0.15) is 33.6 Å². The van der Waals surface area contributed by atoms with Gasteiger partial charge in [-0.15, -0.1) is 0 Å². The molecule has 0 aromatic heterocycles. The number of carbonyl (C=O) groups is 1. The van der Waals surface area contributed by atoms with Crippen molar-refractivity contribution >= 4 is 5.97 Å². The summed E-state index contributed by atoms with van der Waals surface area (Å²) in [5.74, 6) is 0.126. The molecule has 1 heterocycles. The van der Waals surface area contributed by atoms with Gasteiger partial charge in [-0.25, -0.2) is 0 Å². The van der Waals surface area contributed by atoms with Crippen LogP contribution in [0, 0.1) is 11.8 Å². The van der Waals surface area contributed by atoms with Crippen molar-refractivity contribution in [1.82, 2.24) is 4.90 Å². The van der Waals surface area contributed by atoms with Gasteiger partial charge < -0.3 is 10.0 Å². The molecule has 0 amide bonds. The maximum atomic E-state index is 10.8. The van der Waals surface area contributed by atoms with Crippen molar-refractivity contribution in [3.8, 4) is 0 Å². The monoisotopic (exact) mass is 199 g/mol. The van der Waals surface area contributed by atoms with Crippen LogP contribution in [0.2, 0.25) is 0 Å². The van der Waals surface area contributed by atoms with Crippen LogP contribution >= 0.6 is 0 Å². The van der Waals surface area contributed by atoms with E-state index in [1.165, 1.54) is 0 Å². The van der Waals surface area contributed by atoms with E-state index in [0.717, 1.165) is 13.0 Å². The largest absolute Gasteiger partial charge is 0.481 e. The van der Waals surface area contributed by atoms with Crippen LogP contribution < -0.4 is 0 Å². The first-order chi connectivity index (χ1) is 6.39. The molecule has 1 fully saturated rings. The van der Waals surface area contributed by atoms with E-state index in [0.29, 0.717) is 18.3 Å². The highest BCUT2D eigenvalue weighted by Gasteiger charge is 2.45. The van der Waals surface area contributed by atoms with Crippen molar-refractivity contribution < 1.29 is 9.90 Å². The van der Waals surface area contributed by atoms with E-state index in [1.54, 1.807) is 0 Å². The Kier molecular flexibility index (Phi) is 3.20. The second-order valence-electron chi connectivity index (χ2n) is 4.89. The third-order valence-corrected chi connectivity index (χ3v) is 4.05. The van der Waals surface area contributed by atoms with Gasteiger partial charge in [0.2, 0.25) is 0 Å². The molecule has 82 valence electrons. The predicted octanol–water partition coefficient (Wildman–Crippen LogP) is 1.83. The SMILES string of the molecule is CC(C)C1(C)C(CC(=O)O)CCN1C. The number of nitrogens with zero attached hydrogens (tertiary/aromatic N) is 1. The lowest BCUT2D eigenvalue weighted by molar-refractivity contribution is -0.139. The number of carboxylic acids is 1. The summed E-state index contributed by atoms with van der Waals surface area (Å²) >= 11 is 0. The number of aliphatic carboxylic acids is 1. The Hall–Kier alpha value is -0.570. The quantitative estimate of drug-likeness (QED) is 0.754. The molecule has 2 atom stereocenters. The maximum absolute atomic E-state index is 10.8. The summed E-state index contributed by atoms with van der Waals surface area (Å²) in [6.07, 6.45) is 1.32. The van der Waals surface area contributed by atoms with E-state index in [4.69, 9.17) is 5.11 Å². The minimum absolute atomic E-state index is 0.0540. The van der Waals surface area contributed by atoms with Crippen LogP contribution in [0.25, 0.3) is 0 Å². The van der Waals surface area contributed by atoms with Crippen molar-refractivity contribution in [2.24, 2.45) is 11.8 Å². The highest BCUT2D eigenvalue weighted by Crippen LogP contribution is 2.41. The third-order valence-electron chi connectivity index (χ3n) is 4.05. The smallest absolute Gasteiger partial charge is 0.303 e. The van der Waals surface area contributed by atoms with Crippen LogP contribution in [-0.2, 0) is 4.79 Å². The second-order valence-corrected chi connectivity index (χ2v) is 4.89. The van der Waals surface area contributed by atoms with Crippen LogP contribution in [-0.4, -0.2) is 35.1 Å². The molecule has 0 radical (unpaired) electrons. The third kappa shape index (κ3) is 1.78. The standard InChI is InChI=1S/C11H21NO2/c1-8(2)11(3)9(7-10(13)14)5-6-12(11)4/h8-9H,5-7H2,1-4H3,(H,13,14). The highest BCUT2D eigenvalue weighted by atomic mass is 16.4. The average molecular weight is 199 g/mol. The molecule has 1 N–H and O–H groups in total. The fraction of sp³-hybridized carbons (Fsp3) is 0.909. The van der Waals surface area contributed by atoms with Crippen molar-refractivity contribution in [3.05, 3.63) is 0 Å². The van der Waals surface area contributed by atoms with Gasteiger partial charge in [0.05, 0.1) is 0 Å². The molecule has 0 spiro atoms. The minimum atomic E-state index is -0.669. The summed E-state index contributed by atoms with van der Waals surface area (Å²) < 4.78 is 0. The molecule has 0 aliphatic carbocycles. The molecule has 0 aromatic rings. The van der Waals surface area contributed by atoms with Crippen molar-refractivity contribution in [2.45, 2.75) is 39.2 Å². The molecule has 1 aliphatic rings. The zero-order chi connectivity index (χ0) is 10.9. The van der Waals surface area contributed by atoms with Gasteiger partial charge >= 0.3 is 5.97 Å². The van der Waals surface area contributed by atoms with E-state index >= 15 is 0 Å². The second kappa shape index (κ2) is 3.89. The summed E-state index contributed by atoms with van der Waals surface area (Å²) in [6, 6.07) is 0. The van der Waals surface area contributed by atoms with Gasteiger partial charge in [-0.1, -0.05) is 13.8 Å². The summed E-state index contributed by atoms with van der Waals surface area (Å²) in [6.45, 7) is 7.57. The number of hydrogen-bond acceptors (Lipinski definition) is 2. The van der Waals surface area contributed by atoms with Gasteiger partial charge in [0.1, 0.15) is 0 Å². The van der Waals surface area contributed by atoms with Gasteiger partial charge in [-0.2, -0.15) is 0 Å². The van der Waals surface area contributed by atoms with Crippen LogP contribution in [0.3, 0.4) is 0 Å². The van der Waals surface area contributed by atoms with Crippen LogP contribution in [0.5, 0.6) is 0 Å². The Labute approximate surface area is 86.1 Å². The highest BCUT2D eigenvalue weighted by molar-refractivity contribution is 5.67. The molecular weight excluding hydrogens is 178 g/mol. The summed E-state index contributed by atoms with van der Waals surface area (Å²) in [5, 5.41) is 8.86. The van der Waals surface area contributed by atoms with Crippen LogP contribution in [0.15, 0.2) is 0 Å². The Balaban J connectivity index is 2.81. The van der Waals surface area contributed by atoms with Crippen LogP contribution in [0.4, 0.5) is 0 Å². The number of rotatable bonds is 3. The molecule has 0 aromatic carbocycles. The first-order valence-electron chi connectivity index (χ1n) is 5.32. The summed E-state index contributed by atoms with van der Waals surface area (Å²) in [4.78, 5) is 13.1. The molecule has 14 heavy (non-hydrogen) atoms. The van der Waals surface area contributed by atoms with E-state index in [2.05, 4.69) is 32.7 Å². The molecule has 1 aliphatic heterocycles. The first-order valence-corrected chi connectivity index (χ1v) is 5.32. The minimum Gasteiger partial charge on any atom is -0.481 e. The summed E-state index contributed by atoms with van der Waals surface area (Å²) in [7, 11) is 2.10. The van der Waals surface area contributed by atoms with Crippen molar-refractivity contribution in [1.29, 1.82) is 0 Å². The molecule has 3 nitrogen and oxygen atoms in total. The van der Waals surface area contributed by atoms with E-state index in [-0.39, 0.29) is 5.54 Å². The molecular formula is C11H21NO2. The number of carboxylic acid groups (broad SMARTS) is 1. The normalized spacial score (nSPS) is 33.9. The zero-order valence-electron chi connectivity index (χ0n) is 9.58. The fourth-order valence-electron chi connectivity index (χ4n) is 2.63. The predicted molar refractivity (Wildman–Crippen MR) is 56.2 cm³/mol. The van der Waals surface area contributed by atoms with Crippen molar-refractivity contribution in [3.63, 3.8) is 0 Å². The lowest BCUT2D eigenvalue weighted by atomic mass is 9.76.